The zero-order valence-electron chi connectivity index (χ0n) is 12.8. The smallest absolute Gasteiger partial charge is 0.261 e. The van der Waals surface area contributed by atoms with Crippen LogP contribution in [0.5, 0.6) is 0 Å². The number of hydrogen-bond donors (Lipinski definition) is 2. The molecule has 0 radical (unpaired) electrons. The Kier molecular flexibility index (Phi) is 5.54. The van der Waals surface area contributed by atoms with Gasteiger partial charge in [-0.15, -0.1) is 11.3 Å². The molecule has 1 aliphatic rings. The molecule has 0 aliphatic carbocycles. The number of amides is 3. The van der Waals surface area contributed by atoms with Crippen LogP contribution in [0.3, 0.4) is 0 Å². The van der Waals surface area contributed by atoms with Gasteiger partial charge in [-0.05, 0) is 38.1 Å². The van der Waals surface area contributed by atoms with Crippen LogP contribution >= 0.6 is 11.3 Å². The molecule has 2 heterocycles. The van der Waals surface area contributed by atoms with Gasteiger partial charge in [-0.2, -0.15) is 0 Å². The van der Waals surface area contributed by atoms with Gasteiger partial charge < -0.3 is 15.5 Å². The molecule has 1 aromatic rings. The average molecular weight is 323 g/mol. The molecule has 120 valence electrons. The molecule has 2 rings (SSSR count). The Morgan fingerprint density at radius 3 is 2.41 bits per heavy atom. The molecule has 2 atom stereocenters. The van der Waals surface area contributed by atoms with E-state index in [4.69, 9.17) is 0 Å². The van der Waals surface area contributed by atoms with Crippen LogP contribution in [-0.4, -0.2) is 47.8 Å². The summed E-state index contributed by atoms with van der Waals surface area (Å²) >= 11 is 1.32. The molecule has 0 aromatic carbocycles. The summed E-state index contributed by atoms with van der Waals surface area (Å²) in [5, 5.41) is 7.10. The number of carbonyl (C=O) groups excluding carboxylic acids is 3. The van der Waals surface area contributed by atoms with Crippen molar-refractivity contribution < 1.29 is 14.4 Å². The number of thiophene rings is 1. The lowest BCUT2D eigenvalue weighted by Crippen LogP contribution is -2.52. The van der Waals surface area contributed by atoms with E-state index >= 15 is 0 Å². The number of nitrogens with zero attached hydrogens (tertiary/aromatic N) is 1. The maximum atomic E-state index is 12.1. The lowest BCUT2D eigenvalue weighted by Gasteiger charge is -2.22. The first-order valence-electron chi connectivity index (χ1n) is 7.42. The van der Waals surface area contributed by atoms with Crippen molar-refractivity contribution in [2.45, 2.75) is 38.8 Å². The standard InChI is InChI=1S/C15H21N3O3S/c1-10(16-14(20)12-6-5-9-22-12)13(19)17-11(2)15(21)18-7-3-4-8-18/h5-6,9-11H,3-4,7-8H2,1-2H3,(H,16,20)(H,17,19)/t10-,11-/m1/s1. The molecule has 1 aromatic heterocycles. The molecule has 0 spiro atoms. The Morgan fingerprint density at radius 2 is 1.82 bits per heavy atom. The van der Waals surface area contributed by atoms with Crippen molar-refractivity contribution in [1.29, 1.82) is 0 Å². The molecule has 1 fully saturated rings. The Labute approximate surface area is 133 Å². The van der Waals surface area contributed by atoms with Crippen molar-refractivity contribution in [3.8, 4) is 0 Å². The first-order valence-corrected chi connectivity index (χ1v) is 8.30. The van der Waals surface area contributed by atoms with Crippen LogP contribution in [0.2, 0.25) is 0 Å². The highest BCUT2D eigenvalue weighted by Crippen LogP contribution is 2.10. The van der Waals surface area contributed by atoms with Gasteiger partial charge in [-0.25, -0.2) is 0 Å². The highest BCUT2D eigenvalue weighted by molar-refractivity contribution is 7.12. The fraction of sp³-hybridized carbons (Fsp3) is 0.533. The zero-order chi connectivity index (χ0) is 16.1. The van der Waals surface area contributed by atoms with Gasteiger partial charge in [0.2, 0.25) is 11.8 Å². The summed E-state index contributed by atoms with van der Waals surface area (Å²) in [7, 11) is 0. The quantitative estimate of drug-likeness (QED) is 0.848. The molecule has 3 amide bonds. The zero-order valence-corrected chi connectivity index (χ0v) is 13.6. The number of likely N-dealkylation sites (tertiary alicyclic amines) is 1. The molecular formula is C15H21N3O3S. The van der Waals surface area contributed by atoms with Crippen molar-refractivity contribution in [2.75, 3.05) is 13.1 Å². The normalized spacial score (nSPS) is 16.9. The SMILES string of the molecule is C[C@@H](NC(=O)c1cccs1)C(=O)N[C@H](C)C(=O)N1CCCC1. The minimum Gasteiger partial charge on any atom is -0.343 e. The molecule has 1 saturated heterocycles. The lowest BCUT2D eigenvalue weighted by atomic mass is 10.2. The fourth-order valence-electron chi connectivity index (χ4n) is 2.35. The summed E-state index contributed by atoms with van der Waals surface area (Å²) < 4.78 is 0. The van der Waals surface area contributed by atoms with E-state index in [-0.39, 0.29) is 17.7 Å². The number of hydrogen-bond acceptors (Lipinski definition) is 4. The van der Waals surface area contributed by atoms with Gasteiger partial charge >= 0.3 is 0 Å². The van der Waals surface area contributed by atoms with E-state index in [2.05, 4.69) is 10.6 Å². The van der Waals surface area contributed by atoms with E-state index in [0.717, 1.165) is 25.9 Å². The van der Waals surface area contributed by atoms with Crippen LogP contribution in [0.4, 0.5) is 0 Å². The van der Waals surface area contributed by atoms with Gasteiger partial charge in [0.1, 0.15) is 12.1 Å². The van der Waals surface area contributed by atoms with Gasteiger partial charge in [0.05, 0.1) is 4.88 Å². The second-order valence-corrected chi connectivity index (χ2v) is 6.38. The highest BCUT2D eigenvalue weighted by Gasteiger charge is 2.26. The van der Waals surface area contributed by atoms with Gasteiger partial charge in [0.25, 0.3) is 5.91 Å². The van der Waals surface area contributed by atoms with Crippen LogP contribution in [0.1, 0.15) is 36.4 Å². The Bertz CT molecular complexity index is 538. The maximum absolute atomic E-state index is 12.1. The van der Waals surface area contributed by atoms with E-state index < -0.39 is 12.1 Å². The molecular weight excluding hydrogens is 302 g/mol. The lowest BCUT2D eigenvalue weighted by molar-refractivity contribution is -0.135. The summed E-state index contributed by atoms with van der Waals surface area (Å²) in [4.78, 5) is 38.4. The van der Waals surface area contributed by atoms with Crippen LogP contribution in [0, 0.1) is 0 Å². The highest BCUT2D eigenvalue weighted by atomic mass is 32.1. The minimum absolute atomic E-state index is 0.0670. The van der Waals surface area contributed by atoms with Gasteiger partial charge in [-0.3, -0.25) is 14.4 Å². The third-order valence-electron chi connectivity index (χ3n) is 3.63. The van der Waals surface area contributed by atoms with Crippen LogP contribution in [0.25, 0.3) is 0 Å². The second kappa shape index (κ2) is 7.40. The third kappa shape index (κ3) is 4.07. The molecule has 6 nitrogen and oxygen atoms in total. The summed E-state index contributed by atoms with van der Waals surface area (Å²) in [5.74, 6) is -0.705. The Hall–Kier alpha value is -1.89. The van der Waals surface area contributed by atoms with E-state index in [1.807, 2.05) is 0 Å². The Morgan fingerprint density at radius 1 is 1.14 bits per heavy atom. The molecule has 0 unspecified atom stereocenters. The number of carbonyl (C=O) groups is 3. The van der Waals surface area contributed by atoms with Crippen molar-refractivity contribution in [2.24, 2.45) is 0 Å². The van der Waals surface area contributed by atoms with Gasteiger partial charge in [0.15, 0.2) is 0 Å². The first-order chi connectivity index (χ1) is 10.5. The van der Waals surface area contributed by atoms with Crippen LogP contribution < -0.4 is 10.6 Å². The second-order valence-electron chi connectivity index (χ2n) is 5.44. The molecule has 0 bridgehead atoms. The maximum Gasteiger partial charge on any atom is 0.261 e. The van der Waals surface area contributed by atoms with Gasteiger partial charge in [-0.1, -0.05) is 6.07 Å². The predicted molar refractivity (Wildman–Crippen MR) is 84.7 cm³/mol. The summed E-state index contributed by atoms with van der Waals surface area (Å²) in [6.07, 6.45) is 2.03. The number of nitrogens with one attached hydrogen (secondary N) is 2. The van der Waals surface area contributed by atoms with E-state index in [1.165, 1.54) is 11.3 Å². The average Bonchev–Trinajstić information content (AvgIpc) is 3.18. The van der Waals surface area contributed by atoms with Crippen molar-refractivity contribution >= 4 is 29.1 Å². The van der Waals surface area contributed by atoms with E-state index in [1.54, 1.807) is 36.3 Å². The van der Waals surface area contributed by atoms with Crippen molar-refractivity contribution in [1.82, 2.24) is 15.5 Å². The topological polar surface area (TPSA) is 78.5 Å². The van der Waals surface area contributed by atoms with Crippen LogP contribution in [0.15, 0.2) is 17.5 Å². The van der Waals surface area contributed by atoms with Crippen molar-refractivity contribution in [3.05, 3.63) is 22.4 Å². The summed E-state index contributed by atoms with van der Waals surface area (Å²) in [5.41, 5.74) is 0. The monoisotopic (exact) mass is 323 g/mol. The Balaban J connectivity index is 1.82. The number of rotatable bonds is 5. The summed E-state index contributed by atoms with van der Waals surface area (Å²) in [6, 6.07) is 2.21. The van der Waals surface area contributed by atoms with E-state index in [0.29, 0.717) is 4.88 Å². The molecule has 2 N–H and O–H groups in total. The molecule has 7 heteroatoms. The summed E-state index contributed by atoms with van der Waals surface area (Å²) in [6.45, 7) is 4.79. The van der Waals surface area contributed by atoms with Gasteiger partial charge in [0, 0.05) is 13.1 Å². The van der Waals surface area contributed by atoms with Crippen molar-refractivity contribution in [3.63, 3.8) is 0 Å². The molecule has 22 heavy (non-hydrogen) atoms. The first kappa shape index (κ1) is 16.5. The van der Waals surface area contributed by atoms with Crippen LogP contribution in [-0.2, 0) is 9.59 Å². The predicted octanol–water partition coefficient (Wildman–Crippen LogP) is 0.993. The molecule has 0 saturated carbocycles. The minimum atomic E-state index is -0.691. The molecule has 1 aliphatic heterocycles. The van der Waals surface area contributed by atoms with E-state index in [9.17, 15) is 14.4 Å². The largest absolute Gasteiger partial charge is 0.343 e. The fourth-order valence-corrected chi connectivity index (χ4v) is 2.98. The third-order valence-corrected chi connectivity index (χ3v) is 4.50.